The Hall–Kier alpha value is -1.85. The molecule has 0 aliphatic carbocycles. The summed E-state index contributed by atoms with van der Waals surface area (Å²) < 4.78 is 5.38. The molecule has 0 saturated carbocycles. The Kier molecular flexibility index (Phi) is 5.78. The molecule has 2 rings (SSSR count). The molecule has 1 aliphatic heterocycles. The van der Waals surface area contributed by atoms with Crippen molar-refractivity contribution in [3.63, 3.8) is 0 Å². The van der Waals surface area contributed by atoms with Crippen molar-refractivity contribution in [3.05, 3.63) is 11.8 Å². The predicted octanol–water partition coefficient (Wildman–Crippen LogP) is 2.00. The summed E-state index contributed by atoms with van der Waals surface area (Å²) in [6.45, 7) is 6.73. The lowest BCUT2D eigenvalue weighted by molar-refractivity contribution is -0.131. The van der Waals surface area contributed by atoms with E-state index in [0.29, 0.717) is 31.4 Å². The summed E-state index contributed by atoms with van der Waals surface area (Å²) in [5, 5.41) is 3.10. The third-order valence-corrected chi connectivity index (χ3v) is 3.45. The lowest BCUT2D eigenvalue weighted by Gasteiger charge is -2.26. The van der Waals surface area contributed by atoms with Crippen molar-refractivity contribution in [1.82, 2.24) is 14.9 Å². The van der Waals surface area contributed by atoms with Crippen LogP contribution in [0, 0.1) is 6.92 Å². The number of aryl methyl sites for hydroxylation is 1. The number of likely N-dealkylation sites (tertiary alicyclic amines) is 1. The summed E-state index contributed by atoms with van der Waals surface area (Å²) in [6.07, 6.45) is 3.95. The van der Waals surface area contributed by atoms with Gasteiger partial charge in [-0.05, 0) is 33.1 Å². The van der Waals surface area contributed by atoms with Gasteiger partial charge >= 0.3 is 0 Å². The van der Waals surface area contributed by atoms with Crippen molar-refractivity contribution in [2.24, 2.45) is 0 Å². The Morgan fingerprint density at radius 2 is 2.10 bits per heavy atom. The Bertz CT molecular complexity index is 473. The highest BCUT2D eigenvalue weighted by atomic mass is 16.5. The van der Waals surface area contributed by atoms with Crippen LogP contribution >= 0.6 is 0 Å². The number of anilines is 1. The topological polar surface area (TPSA) is 67.3 Å². The highest BCUT2D eigenvalue weighted by Crippen LogP contribution is 2.13. The summed E-state index contributed by atoms with van der Waals surface area (Å²) in [4.78, 5) is 22.6. The molecule has 6 heteroatoms. The Balaban J connectivity index is 1.81. The Morgan fingerprint density at radius 3 is 2.81 bits per heavy atom. The van der Waals surface area contributed by atoms with E-state index in [9.17, 15) is 4.79 Å². The molecule has 0 radical (unpaired) electrons. The molecule has 0 spiro atoms. The van der Waals surface area contributed by atoms with Crippen LogP contribution in [0.1, 0.15) is 38.3 Å². The van der Waals surface area contributed by atoms with Gasteiger partial charge in [-0.1, -0.05) is 0 Å². The van der Waals surface area contributed by atoms with E-state index in [1.165, 1.54) is 6.42 Å². The summed E-state index contributed by atoms with van der Waals surface area (Å²) in [5.41, 5.74) is 0.846. The quantitative estimate of drug-likeness (QED) is 0.868. The van der Waals surface area contributed by atoms with Gasteiger partial charge in [-0.25, -0.2) is 4.98 Å². The summed E-state index contributed by atoms with van der Waals surface area (Å²) in [7, 11) is 0. The maximum absolute atomic E-state index is 12.0. The van der Waals surface area contributed by atoms with Gasteiger partial charge in [0.15, 0.2) is 0 Å². The molecule has 1 saturated heterocycles. The zero-order valence-corrected chi connectivity index (χ0v) is 12.9. The number of amides is 1. The van der Waals surface area contributed by atoms with Crippen LogP contribution in [0.25, 0.3) is 0 Å². The van der Waals surface area contributed by atoms with Gasteiger partial charge in [0, 0.05) is 37.8 Å². The van der Waals surface area contributed by atoms with Crippen molar-refractivity contribution >= 4 is 11.9 Å². The monoisotopic (exact) mass is 292 g/mol. The molecule has 0 unspecified atom stereocenters. The number of hydrogen-bond donors (Lipinski definition) is 1. The van der Waals surface area contributed by atoms with Crippen molar-refractivity contribution in [1.29, 1.82) is 0 Å². The summed E-state index contributed by atoms with van der Waals surface area (Å²) >= 11 is 0. The minimum absolute atomic E-state index is 0.208. The number of aromatic nitrogens is 2. The predicted molar refractivity (Wildman–Crippen MR) is 81.5 cm³/mol. The van der Waals surface area contributed by atoms with Crippen LogP contribution in [0.3, 0.4) is 0 Å². The number of nitrogens with zero attached hydrogens (tertiary/aromatic N) is 3. The molecule has 1 aromatic rings. The van der Waals surface area contributed by atoms with Crippen molar-refractivity contribution in [2.75, 3.05) is 31.6 Å². The van der Waals surface area contributed by atoms with Gasteiger partial charge in [0.2, 0.25) is 17.7 Å². The first-order valence-electron chi connectivity index (χ1n) is 7.69. The fourth-order valence-corrected chi connectivity index (χ4v) is 2.42. The van der Waals surface area contributed by atoms with Crippen LogP contribution in [-0.2, 0) is 4.79 Å². The van der Waals surface area contributed by atoms with E-state index in [0.717, 1.165) is 31.6 Å². The first-order chi connectivity index (χ1) is 10.2. The highest BCUT2D eigenvalue weighted by Gasteiger charge is 2.15. The number of carbonyl (C=O) groups excluding carboxylic acids is 1. The average molecular weight is 292 g/mol. The van der Waals surface area contributed by atoms with Crippen LogP contribution in [0.5, 0.6) is 5.88 Å². The second-order valence-corrected chi connectivity index (χ2v) is 5.22. The molecule has 0 bridgehead atoms. The summed E-state index contributed by atoms with van der Waals surface area (Å²) in [5.74, 6) is 1.29. The van der Waals surface area contributed by atoms with Gasteiger partial charge in [-0.3, -0.25) is 4.79 Å². The SMILES string of the molecule is CCOc1cc(C)nc(NCCC(=O)N2CCCCC2)n1. The molecule has 1 amide bonds. The fraction of sp³-hybridized carbons (Fsp3) is 0.667. The third kappa shape index (κ3) is 4.88. The molecular formula is C15H24N4O2. The highest BCUT2D eigenvalue weighted by molar-refractivity contribution is 5.76. The van der Waals surface area contributed by atoms with E-state index in [1.54, 1.807) is 6.07 Å². The first kappa shape index (κ1) is 15.5. The number of nitrogens with one attached hydrogen (secondary N) is 1. The largest absolute Gasteiger partial charge is 0.478 e. The van der Waals surface area contributed by atoms with E-state index in [-0.39, 0.29) is 5.91 Å². The molecule has 6 nitrogen and oxygen atoms in total. The van der Waals surface area contributed by atoms with E-state index in [1.807, 2.05) is 18.7 Å². The van der Waals surface area contributed by atoms with Crippen LogP contribution in [0.2, 0.25) is 0 Å². The number of ether oxygens (including phenoxy) is 1. The van der Waals surface area contributed by atoms with Gasteiger partial charge in [-0.2, -0.15) is 4.98 Å². The number of rotatable bonds is 6. The van der Waals surface area contributed by atoms with Crippen molar-refractivity contribution in [3.8, 4) is 5.88 Å². The van der Waals surface area contributed by atoms with Crippen LogP contribution in [-0.4, -0.2) is 47.0 Å². The molecule has 1 fully saturated rings. The lowest BCUT2D eigenvalue weighted by atomic mass is 10.1. The molecule has 1 N–H and O–H groups in total. The molecule has 0 aromatic carbocycles. The minimum Gasteiger partial charge on any atom is -0.478 e. The van der Waals surface area contributed by atoms with Crippen LogP contribution in [0.15, 0.2) is 6.07 Å². The van der Waals surface area contributed by atoms with Gasteiger partial charge in [0.05, 0.1) is 6.61 Å². The third-order valence-electron chi connectivity index (χ3n) is 3.45. The lowest BCUT2D eigenvalue weighted by Crippen LogP contribution is -2.36. The molecule has 1 aromatic heterocycles. The molecule has 2 heterocycles. The molecular weight excluding hydrogens is 268 g/mol. The second-order valence-electron chi connectivity index (χ2n) is 5.22. The van der Waals surface area contributed by atoms with E-state index in [4.69, 9.17) is 4.74 Å². The van der Waals surface area contributed by atoms with Gasteiger partial charge < -0.3 is 15.0 Å². The number of carbonyl (C=O) groups is 1. The molecule has 116 valence electrons. The van der Waals surface area contributed by atoms with E-state index in [2.05, 4.69) is 15.3 Å². The number of piperidine rings is 1. The van der Waals surface area contributed by atoms with Gasteiger partial charge in [0.1, 0.15) is 0 Å². The summed E-state index contributed by atoms with van der Waals surface area (Å²) in [6, 6.07) is 1.80. The van der Waals surface area contributed by atoms with E-state index < -0.39 is 0 Å². The second kappa shape index (κ2) is 7.81. The Labute approximate surface area is 125 Å². The molecule has 21 heavy (non-hydrogen) atoms. The maximum atomic E-state index is 12.0. The van der Waals surface area contributed by atoms with E-state index >= 15 is 0 Å². The minimum atomic E-state index is 0.208. The smallest absolute Gasteiger partial charge is 0.226 e. The molecule has 0 atom stereocenters. The van der Waals surface area contributed by atoms with Gasteiger partial charge in [-0.15, -0.1) is 0 Å². The first-order valence-corrected chi connectivity index (χ1v) is 7.69. The Morgan fingerprint density at radius 1 is 1.33 bits per heavy atom. The maximum Gasteiger partial charge on any atom is 0.226 e. The molecule has 1 aliphatic rings. The standard InChI is InChI=1S/C15H24N4O2/c1-3-21-13-11-12(2)17-15(18-13)16-8-7-14(20)19-9-5-4-6-10-19/h11H,3-10H2,1-2H3,(H,16,17,18). The van der Waals surface area contributed by atoms with Gasteiger partial charge in [0.25, 0.3) is 0 Å². The zero-order valence-electron chi connectivity index (χ0n) is 12.9. The van der Waals surface area contributed by atoms with Crippen LogP contribution < -0.4 is 10.1 Å². The normalized spacial score (nSPS) is 14.9. The fourth-order valence-electron chi connectivity index (χ4n) is 2.42. The average Bonchev–Trinajstić information content (AvgIpc) is 2.48. The van der Waals surface area contributed by atoms with Crippen molar-refractivity contribution < 1.29 is 9.53 Å². The number of hydrogen-bond acceptors (Lipinski definition) is 5. The van der Waals surface area contributed by atoms with Crippen molar-refractivity contribution in [2.45, 2.75) is 39.5 Å². The van der Waals surface area contributed by atoms with Crippen LogP contribution in [0.4, 0.5) is 5.95 Å². The zero-order chi connectivity index (χ0) is 15.1.